The van der Waals surface area contributed by atoms with Gasteiger partial charge >= 0.3 is 0 Å². The summed E-state index contributed by atoms with van der Waals surface area (Å²) in [6.07, 6.45) is 1.66. The molecule has 0 radical (unpaired) electrons. The van der Waals surface area contributed by atoms with E-state index in [9.17, 15) is 0 Å². The van der Waals surface area contributed by atoms with Crippen molar-refractivity contribution in [3.05, 3.63) is 65.0 Å². The number of aliphatic imine (C=N–C) groups is 1. The average molecular weight is 334 g/mol. The minimum absolute atomic E-state index is 0.189. The highest BCUT2D eigenvalue weighted by molar-refractivity contribution is 5.97. The molecule has 0 atom stereocenters. The molecule has 1 aliphatic rings. The van der Waals surface area contributed by atoms with Gasteiger partial charge in [0.1, 0.15) is 17.9 Å². The Morgan fingerprint density at radius 1 is 1.04 bits per heavy atom. The van der Waals surface area contributed by atoms with Crippen LogP contribution in [0.15, 0.2) is 52.0 Å². The first kappa shape index (κ1) is 15.9. The summed E-state index contributed by atoms with van der Waals surface area (Å²) in [5.41, 5.74) is 2.88. The zero-order valence-corrected chi connectivity index (χ0v) is 14.9. The van der Waals surface area contributed by atoms with E-state index in [1.54, 1.807) is 0 Å². The highest BCUT2D eigenvalue weighted by atomic mass is 16.5. The third-order valence-corrected chi connectivity index (χ3v) is 4.61. The number of hydrogen-bond acceptors (Lipinski definition) is 4. The first-order chi connectivity index (χ1) is 12.0. The van der Waals surface area contributed by atoms with Crippen molar-refractivity contribution in [2.45, 2.75) is 39.2 Å². The van der Waals surface area contributed by atoms with Crippen molar-refractivity contribution in [3.8, 4) is 0 Å². The lowest BCUT2D eigenvalue weighted by molar-refractivity contribution is 0.279. The molecule has 0 N–H and O–H groups in total. The third kappa shape index (κ3) is 3.04. The quantitative estimate of drug-likeness (QED) is 0.707. The van der Waals surface area contributed by atoms with Gasteiger partial charge in [-0.2, -0.15) is 0 Å². The summed E-state index contributed by atoms with van der Waals surface area (Å²) < 4.78 is 11.4. The minimum Gasteiger partial charge on any atom is -0.475 e. The maximum Gasteiger partial charge on any atom is 0.222 e. The first-order valence-corrected chi connectivity index (χ1v) is 8.68. The van der Waals surface area contributed by atoms with Crippen LogP contribution in [-0.4, -0.2) is 23.2 Å². The Labute approximate surface area is 147 Å². The SMILES string of the molecule is Cc1noc(CCc2cccc3ccccc23)c1C1=NC(C)(C)CO1. The molecular formula is C21H22N2O2. The molecule has 4 nitrogen and oxygen atoms in total. The van der Waals surface area contributed by atoms with Crippen molar-refractivity contribution in [1.82, 2.24) is 5.16 Å². The highest BCUT2D eigenvalue weighted by Crippen LogP contribution is 2.26. The Morgan fingerprint density at radius 2 is 1.84 bits per heavy atom. The van der Waals surface area contributed by atoms with E-state index in [0.717, 1.165) is 29.9 Å². The van der Waals surface area contributed by atoms with Gasteiger partial charge in [-0.15, -0.1) is 0 Å². The topological polar surface area (TPSA) is 47.6 Å². The Balaban J connectivity index is 1.62. The normalized spacial score (nSPS) is 16.0. The van der Waals surface area contributed by atoms with Crippen LogP contribution >= 0.6 is 0 Å². The predicted octanol–water partition coefficient (Wildman–Crippen LogP) is 4.48. The molecule has 0 saturated carbocycles. The summed E-state index contributed by atoms with van der Waals surface area (Å²) in [7, 11) is 0. The van der Waals surface area contributed by atoms with Gasteiger partial charge in [-0.1, -0.05) is 47.6 Å². The van der Waals surface area contributed by atoms with E-state index in [1.807, 2.05) is 6.92 Å². The molecule has 0 unspecified atom stereocenters. The second-order valence-electron chi connectivity index (χ2n) is 7.22. The third-order valence-electron chi connectivity index (χ3n) is 4.61. The lowest BCUT2D eigenvalue weighted by Crippen LogP contribution is -2.17. The van der Waals surface area contributed by atoms with Gasteiger partial charge in [0.15, 0.2) is 0 Å². The van der Waals surface area contributed by atoms with Gasteiger partial charge in [-0.3, -0.25) is 0 Å². The molecule has 2 heterocycles. The molecule has 3 aromatic rings. The second kappa shape index (κ2) is 6.03. The molecule has 2 aromatic carbocycles. The van der Waals surface area contributed by atoms with Crippen molar-refractivity contribution in [2.24, 2.45) is 4.99 Å². The van der Waals surface area contributed by atoms with E-state index in [2.05, 4.69) is 66.5 Å². The van der Waals surface area contributed by atoms with E-state index in [0.29, 0.717) is 12.5 Å². The molecule has 1 aromatic heterocycles. The summed E-state index contributed by atoms with van der Waals surface area (Å²) in [4.78, 5) is 4.68. The van der Waals surface area contributed by atoms with Crippen LogP contribution in [0.25, 0.3) is 10.8 Å². The van der Waals surface area contributed by atoms with Gasteiger partial charge in [0.2, 0.25) is 5.90 Å². The van der Waals surface area contributed by atoms with Crippen LogP contribution in [-0.2, 0) is 17.6 Å². The van der Waals surface area contributed by atoms with Gasteiger partial charge in [0.25, 0.3) is 0 Å². The van der Waals surface area contributed by atoms with Crippen molar-refractivity contribution in [2.75, 3.05) is 6.61 Å². The van der Waals surface area contributed by atoms with Gasteiger partial charge in [0, 0.05) is 6.42 Å². The zero-order chi connectivity index (χ0) is 17.4. The van der Waals surface area contributed by atoms with E-state index >= 15 is 0 Å². The molecule has 25 heavy (non-hydrogen) atoms. The van der Waals surface area contributed by atoms with Gasteiger partial charge in [-0.05, 0) is 43.5 Å². The summed E-state index contributed by atoms with van der Waals surface area (Å²) in [6, 6.07) is 14.9. The van der Waals surface area contributed by atoms with Gasteiger partial charge < -0.3 is 9.26 Å². The summed E-state index contributed by atoms with van der Waals surface area (Å²) in [5.74, 6) is 1.51. The van der Waals surface area contributed by atoms with E-state index < -0.39 is 0 Å². The number of aromatic nitrogens is 1. The van der Waals surface area contributed by atoms with Crippen LogP contribution in [0.1, 0.15) is 36.4 Å². The second-order valence-corrected chi connectivity index (χ2v) is 7.22. The molecule has 1 aliphatic heterocycles. The Bertz CT molecular complexity index is 948. The fraction of sp³-hybridized carbons (Fsp3) is 0.333. The number of ether oxygens (including phenoxy) is 1. The van der Waals surface area contributed by atoms with Crippen molar-refractivity contribution in [1.29, 1.82) is 0 Å². The van der Waals surface area contributed by atoms with Crippen molar-refractivity contribution in [3.63, 3.8) is 0 Å². The lowest BCUT2D eigenvalue weighted by Gasteiger charge is -2.07. The zero-order valence-electron chi connectivity index (χ0n) is 14.9. The molecule has 4 rings (SSSR count). The largest absolute Gasteiger partial charge is 0.475 e. The van der Waals surface area contributed by atoms with Crippen LogP contribution in [0.3, 0.4) is 0 Å². The summed E-state index contributed by atoms with van der Waals surface area (Å²) >= 11 is 0. The van der Waals surface area contributed by atoms with Crippen molar-refractivity contribution >= 4 is 16.7 Å². The Hall–Kier alpha value is -2.62. The molecular weight excluding hydrogens is 312 g/mol. The fourth-order valence-electron chi connectivity index (χ4n) is 3.33. The van der Waals surface area contributed by atoms with E-state index in [4.69, 9.17) is 9.26 Å². The molecule has 0 saturated heterocycles. The molecule has 128 valence electrons. The lowest BCUT2D eigenvalue weighted by atomic mass is 9.99. The number of hydrogen-bond donors (Lipinski definition) is 0. The van der Waals surface area contributed by atoms with Crippen LogP contribution < -0.4 is 0 Å². The van der Waals surface area contributed by atoms with Gasteiger partial charge in [-0.25, -0.2) is 4.99 Å². The minimum atomic E-state index is -0.189. The molecule has 0 aliphatic carbocycles. The smallest absolute Gasteiger partial charge is 0.222 e. The van der Waals surface area contributed by atoms with Crippen LogP contribution in [0, 0.1) is 6.92 Å². The van der Waals surface area contributed by atoms with E-state index in [-0.39, 0.29) is 5.54 Å². The molecule has 0 spiro atoms. The Kier molecular flexibility index (Phi) is 3.83. The maximum atomic E-state index is 5.81. The maximum absolute atomic E-state index is 5.81. The molecule has 0 amide bonds. The number of rotatable bonds is 4. The highest BCUT2D eigenvalue weighted by Gasteiger charge is 2.31. The number of aryl methyl sites for hydroxylation is 3. The summed E-state index contributed by atoms with van der Waals surface area (Å²) in [6.45, 7) is 6.67. The van der Waals surface area contributed by atoms with Crippen LogP contribution in [0.4, 0.5) is 0 Å². The standard InChI is InChI=1S/C21H22N2O2/c1-14-19(20-22-21(2,3)13-24-20)18(25-23-14)12-11-16-9-6-8-15-7-4-5-10-17(15)16/h4-10H,11-13H2,1-3H3. The fourth-order valence-corrected chi connectivity index (χ4v) is 3.33. The van der Waals surface area contributed by atoms with Crippen molar-refractivity contribution < 1.29 is 9.26 Å². The van der Waals surface area contributed by atoms with E-state index in [1.165, 1.54) is 16.3 Å². The molecule has 4 heteroatoms. The number of fused-ring (bicyclic) bond motifs is 1. The van der Waals surface area contributed by atoms with Crippen LogP contribution in [0.2, 0.25) is 0 Å². The van der Waals surface area contributed by atoms with Gasteiger partial charge in [0.05, 0.1) is 11.2 Å². The number of nitrogens with zero attached hydrogens (tertiary/aromatic N) is 2. The first-order valence-electron chi connectivity index (χ1n) is 8.68. The monoisotopic (exact) mass is 334 g/mol. The summed E-state index contributed by atoms with van der Waals surface area (Å²) in [5, 5.41) is 6.70. The number of benzene rings is 2. The average Bonchev–Trinajstić information content (AvgIpc) is 3.14. The molecule has 0 bridgehead atoms. The Morgan fingerprint density at radius 3 is 2.64 bits per heavy atom. The predicted molar refractivity (Wildman–Crippen MR) is 99.2 cm³/mol. The van der Waals surface area contributed by atoms with Crippen LogP contribution in [0.5, 0.6) is 0 Å². The molecule has 0 fully saturated rings.